The Kier molecular flexibility index (Phi) is 5.89. The second kappa shape index (κ2) is 7.68. The van der Waals surface area contributed by atoms with E-state index in [1.165, 1.54) is 6.07 Å². The summed E-state index contributed by atoms with van der Waals surface area (Å²) < 4.78 is 27.0. The molecule has 1 aliphatic heterocycles. The molecule has 2 rings (SSSR count). The third kappa shape index (κ3) is 4.03. The lowest BCUT2D eigenvalue weighted by molar-refractivity contribution is -0.137. The zero-order chi connectivity index (χ0) is 16.1. The Hall–Kier alpha value is -1.49. The molecule has 22 heavy (non-hydrogen) atoms. The highest BCUT2D eigenvalue weighted by atomic mass is 19.1. The van der Waals surface area contributed by atoms with Crippen molar-refractivity contribution in [3.05, 3.63) is 35.4 Å². The molecule has 1 aliphatic rings. The van der Waals surface area contributed by atoms with Gasteiger partial charge in [0.05, 0.1) is 5.92 Å². The fourth-order valence-electron chi connectivity index (χ4n) is 3.10. The van der Waals surface area contributed by atoms with E-state index in [0.717, 1.165) is 31.5 Å². The monoisotopic (exact) mass is 310 g/mol. The molecule has 0 spiro atoms. The predicted molar refractivity (Wildman–Crippen MR) is 82.3 cm³/mol. The van der Waals surface area contributed by atoms with Crippen molar-refractivity contribution >= 4 is 5.91 Å². The van der Waals surface area contributed by atoms with E-state index in [2.05, 4.69) is 0 Å². The SMILES string of the molecule is CCN(CC)C(=O)[C@H]1CCCN(Cc2cc(F)ccc2F)C1. The third-order valence-electron chi connectivity index (χ3n) is 4.33. The zero-order valence-corrected chi connectivity index (χ0v) is 13.3. The number of likely N-dealkylation sites (tertiary alicyclic amines) is 1. The minimum absolute atomic E-state index is 0.0368. The van der Waals surface area contributed by atoms with Crippen molar-refractivity contribution in [2.75, 3.05) is 26.2 Å². The Labute approximate surface area is 130 Å². The molecule has 0 unspecified atom stereocenters. The van der Waals surface area contributed by atoms with Gasteiger partial charge in [-0.05, 0) is 51.4 Å². The molecule has 1 atom stereocenters. The summed E-state index contributed by atoms with van der Waals surface area (Å²) in [5.74, 6) is -0.678. The van der Waals surface area contributed by atoms with Crippen LogP contribution in [0.3, 0.4) is 0 Å². The van der Waals surface area contributed by atoms with Gasteiger partial charge in [-0.25, -0.2) is 8.78 Å². The molecular formula is C17H24F2N2O. The molecule has 1 fully saturated rings. The number of halogens is 2. The summed E-state index contributed by atoms with van der Waals surface area (Å²) in [7, 11) is 0. The molecule has 1 aromatic carbocycles. The maximum absolute atomic E-state index is 13.7. The lowest BCUT2D eigenvalue weighted by Crippen LogP contribution is -2.44. The molecule has 0 bridgehead atoms. The van der Waals surface area contributed by atoms with Crippen molar-refractivity contribution in [1.29, 1.82) is 0 Å². The van der Waals surface area contributed by atoms with Crippen LogP contribution in [0.2, 0.25) is 0 Å². The fourth-order valence-corrected chi connectivity index (χ4v) is 3.10. The molecule has 5 heteroatoms. The van der Waals surface area contributed by atoms with Crippen LogP contribution in [0.15, 0.2) is 18.2 Å². The topological polar surface area (TPSA) is 23.6 Å². The number of amides is 1. The first-order valence-corrected chi connectivity index (χ1v) is 8.00. The van der Waals surface area contributed by atoms with Crippen LogP contribution >= 0.6 is 0 Å². The molecule has 1 heterocycles. The van der Waals surface area contributed by atoms with Crippen molar-refractivity contribution in [2.24, 2.45) is 5.92 Å². The number of benzene rings is 1. The molecule has 0 aromatic heterocycles. The largest absolute Gasteiger partial charge is 0.343 e. The number of hydrogen-bond acceptors (Lipinski definition) is 2. The summed E-state index contributed by atoms with van der Waals surface area (Å²) in [4.78, 5) is 16.3. The van der Waals surface area contributed by atoms with Gasteiger partial charge in [0.2, 0.25) is 5.91 Å². The molecule has 3 nitrogen and oxygen atoms in total. The van der Waals surface area contributed by atoms with Gasteiger partial charge in [-0.15, -0.1) is 0 Å². The van der Waals surface area contributed by atoms with Crippen molar-refractivity contribution in [3.8, 4) is 0 Å². The molecule has 122 valence electrons. The number of rotatable bonds is 5. The second-order valence-corrected chi connectivity index (χ2v) is 5.82. The Bertz CT molecular complexity index is 517. The molecule has 1 amide bonds. The Balaban J connectivity index is 2.01. The van der Waals surface area contributed by atoms with Gasteiger partial charge >= 0.3 is 0 Å². The van der Waals surface area contributed by atoms with E-state index in [4.69, 9.17) is 0 Å². The van der Waals surface area contributed by atoms with Gasteiger partial charge in [0, 0.05) is 31.7 Å². The Morgan fingerprint density at radius 1 is 1.32 bits per heavy atom. The molecule has 1 saturated heterocycles. The average molecular weight is 310 g/mol. The number of hydrogen-bond donors (Lipinski definition) is 0. The van der Waals surface area contributed by atoms with Crippen LogP contribution in [-0.4, -0.2) is 41.9 Å². The summed E-state index contributed by atoms with van der Waals surface area (Å²) in [5, 5.41) is 0. The highest BCUT2D eigenvalue weighted by molar-refractivity contribution is 5.79. The highest BCUT2D eigenvalue weighted by Crippen LogP contribution is 2.22. The van der Waals surface area contributed by atoms with E-state index in [-0.39, 0.29) is 11.8 Å². The van der Waals surface area contributed by atoms with Crippen LogP contribution in [0.4, 0.5) is 8.78 Å². The predicted octanol–water partition coefficient (Wildman–Crippen LogP) is 3.05. The second-order valence-electron chi connectivity index (χ2n) is 5.82. The number of carbonyl (C=O) groups is 1. The van der Waals surface area contributed by atoms with Crippen LogP contribution in [0.5, 0.6) is 0 Å². The standard InChI is InChI=1S/C17H24F2N2O/c1-3-21(4-2)17(22)13-6-5-9-20(11-13)12-14-10-15(18)7-8-16(14)19/h7-8,10,13H,3-6,9,11-12H2,1-2H3/t13-/m0/s1. The van der Waals surface area contributed by atoms with Crippen LogP contribution in [0.1, 0.15) is 32.3 Å². The van der Waals surface area contributed by atoms with Gasteiger partial charge in [0.25, 0.3) is 0 Å². The maximum Gasteiger partial charge on any atom is 0.226 e. The fraction of sp³-hybridized carbons (Fsp3) is 0.588. The maximum atomic E-state index is 13.7. The first kappa shape index (κ1) is 16.9. The summed E-state index contributed by atoms with van der Waals surface area (Å²) >= 11 is 0. The summed E-state index contributed by atoms with van der Waals surface area (Å²) in [6, 6.07) is 3.53. The first-order valence-electron chi connectivity index (χ1n) is 8.00. The number of nitrogens with zero attached hydrogens (tertiary/aromatic N) is 2. The minimum Gasteiger partial charge on any atom is -0.343 e. The van der Waals surface area contributed by atoms with E-state index in [1.54, 1.807) is 0 Å². The zero-order valence-electron chi connectivity index (χ0n) is 13.3. The van der Waals surface area contributed by atoms with Gasteiger partial charge in [0.1, 0.15) is 11.6 Å². The van der Waals surface area contributed by atoms with E-state index < -0.39 is 11.6 Å². The van der Waals surface area contributed by atoms with E-state index in [0.29, 0.717) is 31.7 Å². The van der Waals surface area contributed by atoms with E-state index in [1.807, 2.05) is 23.6 Å². The van der Waals surface area contributed by atoms with Gasteiger partial charge in [0.15, 0.2) is 0 Å². The molecule has 1 aromatic rings. The van der Waals surface area contributed by atoms with Crippen LogP contribution in [0, 0.1) is 17.6 Å². The molecule has 0 aliphatic carbocycles. The van der Waals surface area contributed by atoms with Crippen molar-refractivity contribution in [2.45, 2.75) is 33.2 Å². The third-order valence-corrected chi connectivity index (χ3v) is 4.33. The van der Waals surface area contributed by atoms with Crippen LogP contribution < -0.4 is 0 Å². The number of carbonyl (C=O) groups excluding carboxylic acids is 1. The van der Waals surface area contributed by atoms with Gasteiger partial charge in [-0.1, -0.05) is 0 Å². The van der Waals surface area contributed by atoms with Crippen molar-refractivity contribution in [1.82, 2.24) is 9.80 Å². The van der Waals surface area contributed by atoms with Crippen LogP contribution in [-0.2, 0) is 11.3 Å². The lowest BCUT2D eigenvalue weighted by Gasteiger charge is -2.34. The molecule has 0 N–H and O–H groups in total. The van der Waals surface area contributed by atoms with E-state index >= 15 is 0 Å². The quantitative estimate of drug-likeness (QED) is 0.834. The smallest absolute Gasteiger partial charge is 0.226 e. The van der Waals surface area contributed by atoms with Gasteiger partial charge < -0.3 is 4.90 Å². The highest BCUT2D eigenvalue weighted by Gasteiger charge is 2.28. The Morgan fingerprint density at radius 3 is 2.73 bits per heavy atom. The number of piperidine rings is 1. The average Bonchev–Trinajstić information content (AvgIpc) is 2.52. The summed E-state index contributed by atoms with van der Waals surface area (Å²) in [6.45, 7) is 7.16. The first-order chi connectivity index (χ1) is 10.5. The van der Waals surface area contributed by atoms with E-state index in [9.17, 15) is 13.6 Å². The lowest BCUT2D eigenvalue weighted by atomic mass is 9.96. The molecule has 0 saturated carbocycles. The van der Waals surface area contributed by atoms with Crippen molar-refractivity contribution in [3.63, 3.8) is 0 Å². The normalized spacial score (nSPS) is 19.2. The molecular weight excluding hydrogens is 286 g/mol. The minimum atomic E-state index is -0.427. The summed E-state index contributed by atoms with van der Waals surface area (Å²) in [5.41, 5.74) is 0.357. The summed E-state index contributed by atoms with van der Waals surface area (Å²) in [6.07, 6.45) is 1.78. The van der Waals surface area contributed by atoms with Gasteiger partial charge in [-0.3, -0.25) is 9.69 Å². The Morgan fingerprint density at radius 2 is 2.05 bits per heavy atom. The van der Waals surface area contributed by atoms with Crippen molar-refractivity contribution < 1.29 is 13.6 Å². The van der Waals surface area contributed by atoms with Gasteiger partial charge in [-0.2, -0.15) is 0 Å². The van der Waals surface area contributed by atoms with Crippen LogP contribution in [0.25, 0.3) is 0 Å². The molecule has 0 radical (unpaired) electrons.